The van der Waals surface area contributed by atoms with Crippen molar-refractivity contribution in [3.05, 3.63) is 47.5 Å². The van der Waals surface area contributed by atoms with Crippen LogP contribution in [0.4, 0.5) is 38.9 Å². The molecule has 0 aliphatic heterocycles. The molecule has 0 aromatic heterocycles. The Hall–Kier alpha value is -1.21. The Morgan fingerprint density at radius 1 is 0.463 bits per heavy atom. The van der Waals surface area contributed by atoms with Crippen molar-refractivity contribution in [1.82, 2.24) is 0 Å². The van der Waals surface area contributed by atoms with Crippen LogP contribution in [0.15, 0.2) is 56.0 Å². The van der Waals surface area contributed by atoms with Gasteiger partial charge in [0.25, 0.3) is 0 Å². The predicted molar refractivity (Wildman–Crippen MR) is 154 cm³/mol. The highest BCUT2D eigenvalue weighted by Gasteiger charge is 2.66. The molecule has 0 saturated carbocycles. The fourth-order valence-corrected chi connectivity index (χ4v) is 6.97. The molecular weight excluding hydrogens is 622 g/mol. The van der Waals surface area contributed by atoms with Crippen molar-refractivity contribution in [2.24, 2.45) is 0 Å². The number of benzene rings is 2. The third-order valence-electron chi connectivity index (χ3n) is 6.77. The second kappa shape index (κ2) is 12.1. The van der Waals surface area contributed by atoms with Crippen LogP contribution in [0.3, 0.4) is 0 Å². The molecule has 0 aliphatic rings. The van der Waals surface area contributed by atoms with Crippen LogP contribution in [0.2, 0.25) is 0 Å². The van der Waals surface area contributed by atoms with Crippen LogP contribution in [0, 0.1) is 0 Å². The van der Waals surface area contributed by atoms with Gasteiger partial charge >= 0.3 is 20.4 Å². The maximum absolute atomic E-state index is 13.6. The Labute approximate surface area is 241 Å². The number of hydrogen-bond donors (Lipinski definition) is 0. The van der Waals surface area contributed by atoms with Gasteiger partial charge in [-0.05, 0) is 73.2 Å². The van der Waals surface area contributed by atoms with E-state index in [2.05, 4.69) is 0 Å². The van der Waals surface area contributed by atoms with Crippen molar-refractivity contribution in [3.63, 3.8) is 0 Å². The SMILES string of the molecule is CCCCCCCCc1cc(S(F)(F)(F)(F)F)ccc1Sc1ccc(S(F)(F)(F)(F)F)cc1CCCCCCCC. The maximum Gasteiger partial charge on any atom is 0.310 e. The molecule has 0 spiro atoms. The molecule has 240 valence electrons. The van der Waals surface area contributed by atoms with E-state index in [-0.39, 0.29) is 45.9 Å². The smallest absolute Gasteiger partial charge is 0.0936 e. The molecular formula is C28H40F10S3. The predicted octanol–water partition coefficient (Wildman–Crippen LogP) is 15.0. The molecule has 0 radical (unpaired) electrons. The molecule has 2 aromatic rings. The van der Waals surface area contributed by atoms with Gasteiger partial charge in [-0.15, -0.1) is 0 Å². The average Bonchev–Trinajstić information content (AvgIpc) is 2.82. The zero-order valence-corrected chi connectivity index (χ0v) is 25.8. The Balaban J connectivity index is 2.43. The van der Waals surface area contributed by atoms with Crippen LogP contribution in [-0.2, 0) is 12.8 Å². The number of aryl methyl sites for hydroxylation is 2. The van der Waals surface area contributed by atoms with Crippen molar-refractivity contribution in [3.8, 4) is 0 Å². The van der Waals surface area contributed by atoms with Crippen LogP contribution < -0.4 is 0 Å². The summed E-state index contributed by atoms with van der Waals surface area (Å²) in [6.07, 6.45) is 9.86. The van der Waals surface area contributed by atoms with Gasteiger partial charge in [0.05, 0.1) is 0 Å². The number of halogens is 10. The third-order valence-corrected chi connectivity index (χ3v) is 10.3. The minimum absolute atomic E-state index is 0.00134. The Kier molecular flexibility index (Phi) is 10.6. The summed E-state index contributed by atoms with van der Waals surface area (Å²) in [5.41, 5.74) is -0.00269. The molecule has 2 aromatic carbocycles. The van der Waals surface area contributed by atoms with Gasteiger partial charge in [0.15, 0.2) is 0 Å². The second-order valence-electron chi connectivity index (χ2n) is 10.6. The van der Waals surface area contributed by atoms with E-state index in [0.717, 1.165) is 75.3 Å². The third kappa shape index (κ3) is 12.5. The van der Waals surface area contributed by atoms with E-state index in [9.17, 15) is 38.9 Å². The number of rotatable bonds is 18. The van der Waals surface area contributed by atoms with E-state index < -0.39 is 30.2 Å². The first kappa shape index (κ1) is 36.0. The molecule has 41 heavy (non-hydrogen) atoms. The summed E-state index contributed by atoms with van der Waals surface area (Å²) in [6, 6.07) is 3.21. The molecule has 0 bridgehead atoms. The van der Waals surface area contributed by atoms with Gasteiger partial charge in [-0.2, -0.15) is 0 Å². The first-order chi connectivity index (χ1) is 18.5. The second-order valence-corrected chi connectivity index (χ2v) is 16.5. The lowest BCUT2D eigenvalue weighted by molar-refractivity contribution is 0.360. The van der Waals surface area contributed by atoms with E-state index in [4.69, 9.17) is 0 Å². The first-order valence-corrected chi connectivity index (χ1v) is 18.7. The molecule has 0 fully saturated rings. The minimum Gasteiger partial charge on any atom is -0.0936 e. The lowest BCUT2D eigenvalue weighted by atomic mass is 10.0. The lowest BCUT2D eigenvalue weighted by Crippen LogP contribution is -2.08. The highest BCUT2D eigenvalue weighted by atomic mass is 32.5. The fourth-order valence-electron chi connectivity index (χ4n) is 4.49. The summed E-state index contributed by atoms with van der Waals surface area (Å²) < 4.78 is 136. The van der Waals surface area contributed by atoms with Crippen molar-refractivity contribution >= 4 is 32.2 Å². The van der Waals surface area contributed by atoms with E-state index in [1.807, 2.05) is 13.8 Å². The van der Waals surface area contributed by atoms with E-state index >= 15 is 0 Å². The summed E-state index contributed by atoms with van der Waals surface area (Å²) in [6.45, 7) is 4.05. The number of unbranched alkanes of at least 4 members (excludes halogenated alkanes) is 10. The molecule has 0 amide bonds. The lowest BCUT2D eigenvalue weighted by Gasteiger charge is -2.41. The zero-order valence-electron chi connectivity index (χ0n) is 23.4. The summed E-state index contributed by atoms with van der Waals surface area (Å²) in [5, 5.41) is 0. The summed E-state index contributed by atoms with van der Waals surface area (Å²) >= 11 is 0.821. The Bertz CT molecular complexity index is 1070. The highest BCUT2D eigenvalue weighted by Crippen LogP contribution is 3.02. The normalized spacial score (nSPS) is 16.1. The van der Waals surface area contributed by atoms with Crippen molar-refractivity contribution in [2.45, 2.75) is 123 Å². The van der Waals surface area contributed by atoms with Gasteiger partial charge in [-0.25, -0.2) is 0 Å². The topological polar surface area (TPSA) is 0 Å². The summed E-state index contributed by atoms with van der Waals surface area (Å²) in [5.74, 6) is 0. The van der Waals surface area contributed by atoms with Crippen molar-refractivity contribution in [1.29, 1.82) is 0 Å². The van der Waals surface area contributed by atoms with E-state index in [1.54, 1.807) is 0 Å². The van der Waals surface area contributed by atoms with Gasteiger partial charge in [-0.1, -0.05) is 129 Å². The minimum atomic E-state index is -9.97. The molecule has 0 N–H and O–H groups in total. The molecule has 0 nitrogen and oxygen atoms in total. The molecule has 2 rings (SSSR count). The van der Waals surface area contributed by atoms with Crippen LogP contribution in [0.5, 0.6) is 0 Å². The molecule has 0 aliphatic carbocycles. The van der Waals surface area contributed by atoms with E-state index in [0.29, 0.717) is 37.8 Å². The van der Waals surface area contributed by atoms with Gasteiger partial charge in [0.1, 0.15) is 9.79 Å². The summed E-state index contributed by atoms with van der Waals surface area (Å²) in [4.78, 5) is -3.71. The number of hydrogen-bond acceptors (Lipinski definition) is 1. The van der Waals surface area contributed by atoms with Gasteiger partial charge in [0.2, 0.25) is 0 Å². The summed E-state index contributed by atoms with van der Waals surface area (Å²) in [7, 11) is -19.9. The first-order valence-electron chi connectivity index (χ1n) is 14.0. The Morgan fingerprint density at radius 2 is 0.780 bits per heavy atom. The monoisotopic (exact) mass is 662 g/mol. The quantitative estimate of drug-likeness (QED) is 0.113. The zero-order chi connectivity index (χ0) is 31.1. The van der Waals surface area contributed by atoms with Crippen LogP contribution >= 0.6 is 32.2 Å². The van der Waals surface area contributed by atoms with Crippen molar-refractivity contribution in [2.75, 3.05) is 0 Å². The Morgan fingerprint density at radius 3 is 1.10 bits per heavy atom. The van der Waals surface area contributed by atoms with Crippen molar-refractivity contribution < 1.29 is 38.9 Å². The largest absolute Gasteiger partial charge is 0.310 e. The maximum atomic E-state index is 13.6. The van der Waals surface area contributed by atoms with Gasteiger partial charge in [-0.3, -0.25) is 0 Å². The van der Waals surface area contributed by atoms with Crippen LogP contribution in [0.1, 0.15) is 102 Å². The standard InChI is InChI=1S/C28H40F10S3/c1-3-5-7-9-11-13-15-23-21-25(40(29,30,31,32)33)17-19-27(23)39-28-20-18-26(41(34,35,36,37)38)22-24(28)16-14-12-10-8-6-4-2/h17-22H,3-16H2,1-2H3. The fraction of sp³-hybridized carbons (Fsp3) is 0.571. The highest BCUT2D eigenvalue weighted by molar-refractivity contribution is 8.46. The van der Waals surface area contributed by atoms with E-state index in [1.165, 1.54) is 0 Å². The molecule has 0 heterocycles. The van der Waals surface area contributed by atoms with Gasteiger partial charge < -0.3 is 0 Å². The molecule has 0 unspecified atom stereocenters. The van der Waals surface area contributed by atoms with Gasteiger partial charge in [0, 0.05) is 9.79 Å². The molecule has 13 heteroatoms. The van der Waals surface area contributed by atoms with Crippen LogP contribution in [-0.4, -0.2) is 0 Å². The van der Waals surface area contributed by atoms with Crippen LogP contribution in [0.25, 0.3) is 0 Å². The molecule has 0 atom stereocenters. The molecule has 0 saturated heterocycles. The average molecular weight is 663 g/mol.